The number of esters is 1. The third-order valence-corrected chi connectivity index (χ3v) is 8.47. The number of amides is 1. The number of carbonyl (C=O) groups excluding carboxylic acids is 2. The molecule has 0 unspecified atom stereocenters. The SMILES string of the molecule is C#CCn1c(=NC(=O)c2ccc(S(=O)(=O)N(C)Cc3ccccc3)cc2)sc2cc(C(=O)OC)ccc21. The lowest BCUT2D eigenvalue weighted by atomic mass is 10.2. The van der Waals surface area contributed by atoms with E-state index >= 15 is 0 Å². The van der Waals surface area contributed by atoms with Crippen LogP contribution in [0.5, 0.6) is 0 Å². The van der Waals surface area contributed by atoms with Crippen LogP contribution in [0.1, 0.15) is 26.3 Å². The van der Waals surface area contributed by atoms with Gasteiger partial charge in [-0.2, -0.15) is 9.30 Å². The van der Waals surface area contributed by atoms with Gasteiger partial charge in [0.15, 0.2) is 4.80 Å². The molecule has 0 saturated carbocycles. The van der Waals surface area contributed by atoms with Crippen LogP contribution in [0, 0.1) is 12.3 Å². The number of terminal acetylenes is 1. The first kappa shape index (κ1) is 26.0. The second-order valence-electron chi connectivity index (χ2n) is 8.04. The van der Waals surface area contributed by atoms with Crippen LogP contribution in [0.3, 0.4) is 0 Å². The predicted octanol–water partition coefficient (Wildman–Crippen LogP) is 3.68. The van der Waals surface area contributed by atoms with Crippen molar-refractivity contribution in [2.24, 2.45) is 4.99 Å². The van der Waals surface area contributed by atoms with Crippen LogP contribution >= 0.6 is 11.3 Å². The van der Waals surface area contributed by atoms with Gasteiger partial charge in [-0.05, 0) is 48.0 Å². The Labute approximate surface area is 218 Å². The number of hydrogen-bond acceptors (Lipinski definition) is 6. The minimum absolute atomic E-state index is 0.0714. The first-order chi connectivity index (χ1) is 17.7. The number of sulfonamides is 1. The van der Waals surface area contributed by atoms with Gasteiger partial charge in [0.2, 0.25) is 10.0 Å². The molecular weight excluding hydrogens is 510 g/mol. The highest BCUT2D eigenvalue weighted by Gasteiger charge is 2.21. The lowest BCUT2D eigenvalue weighted by Crippen LogP contribution is -2.26. The van der Waals surface area contributed by atoms with Crippen LogP contribution < -0.4 is 4.80 Å². The molecule has 10 heteroatoms. The molecule has 0 saturated heterocycles. The van der Waals surface area contributed by atoms with E-state index in [0.717, 1.165) is 11.1 Å². The van der Waals surface area contributed by atoms with E-state index < -0.39 is 21.9 Å². The number of rotatable bonds is 7. The lowest BCUT2D eigenvalue weighted by Gasteiger charge is -2.17. The summed E-state index contributed by atoms with van der Waals surface area (Å²) in [5.74, 6) is 1.53. The van der Waals surface area contributed by atoms with E-state index in [4.69, 9.17) is 11.2 Å². The summed E-state index contributed by atoms with van der Waals surface area (Å²) in [6.45, 7) is 0.395. The van der Waals surface area contributed by atoms with E-state index in [1.54, 1.807) is 22.8 Å². The van der Waals surface area contributed by atoms with Crippen molar-refractivity contribution in [3.05, 3.63) is 94.3 Å². The van der Waals surface area contributed by atoms with Crippen molar-refractivity contribution < 1.29 is 22.7 Å². The number of methoxy groups -OCH3 is 1. The van der Waals surface area contributed by atoms with Crippen molar-refractivity contribution in [2.45, 2.75) is 18.0 Å². The zero-order valence-corrected chi connectivity index (χ0v) is 21.8. The third kappa shape index (κ3) is 5.54. The maximum Gasteiger partial charge on any atom is 0.337 e. The highest BCUT2D eigenvalue weighted by atomic mass is 32.2. The molecule has 0 aliphatic rings. The van der Waals surface area contributed by atoms with E-state index in [-0.39, 0.29) is 23.5 Å². The topological polar surface area (TPSA) is 98.0 Å². The van der Waals surface area contributed by atoms with Crippen molar-refractivity contribution in [1.82, 2.24) is 8.87 Å². The number of ether oxygens (including phenoxy) is 1. The number of thiazole rings is 1. The number of benzene rings is 3. The molecule has 8 nitrogen and oxygen atoms in total. The van der Waals surface area contributed by atoms with Gasteiger partial charge in [0, 0.05) is 19.2 Å². The predicted molar refractivity (Wildman–Crippen MR) is 141 cm³/mol. The number of fused-ring (bicyclic) bond motifs is 1. The Bertz CT molecular complexity index is 1680. The summed E-state index contributed by atoms with van der Waals surface area (Å²) in [4.78, 5) is 29.5. The van der Waals surface area contributed by atoms with Gasteiger partial charge in [0.1, 0.15) is 0 Å². The molecule has 1 heterocycles. The fourth-order valence-corrected chi connectivity index (χ4v) is 5.90. The molecule has 0 bridgehead atoms. The molecule has 3 aromatic carbocycles. The highest BCUT2D eigenvalue weighted by molar-refractivity contribution is 7.89. The van der Waals surface area contributed by atoms with Crippen molar-refractivity contribution in [2.75, 3.05) is 14.2 Å². The molecule has 0 aliphatic carbocycles. The Hall–Kier alpha value is -4.04. The minimum atomic E-state index is -3.75. The molecule has 1 amide bonds. The standard InChI is InChI=1S/C27H23N3O5S2/c1-4-16-30-23-15-12-21(26(32)35-3)17-24(23)36-27(30)28-25(31)20-10-13-22(14-11-20)37(33,34)29(2)18-19-8-6-5-7-9-19/h1,5-15,17H,16,18H2,2-3H3. The molecule has 0 fully saturated rings. The van der Waals surface area contributed by atoms with Crippen LogP contribution in [0.15, 0.2) is 82.7 Å². The molecule has 4 rings (SSSR count). The van der Waals surface area contributed by atoms with Gasteiger partial charge in [-0.3, -0.25) is 4.79 Å². The number of carbonyl (C=O) groups is 2. The molecule has 1 aromatic heterocycles. The van der Waals surface area contributed by atoms with Crippen LogP contribution in [0.25, 0.3) is 10.2 Å². The monoisotopic (exact) mass is 533 g/mol. The lowest BCUT2D eigenvalue weighted by molar-refractivity contribution is 0.0600. The second-order valence-corrected chi connectivity index (χ2v) is 11.1. The van der Waals surface area contributed by atoms with E-state index in [1.165, 1.54) is 54.1 Å². The fraction of sp³-hybridized carbons (Fsp3) is 0.148. The average molecular weight is 534 g/mol. The smallest absolute Gasteiger partial charge is 0.337 e. The van der Waals surface area contributed by atoms with Crippen LogP contribution in [-0.4, -0.2) is 43.3 Å². The van der Waals surface area contributed by atoms with E-state index in [0.29, 0.717) is 15.1 Å². The summed E-state index contributed by atoms with van der Waals surface area (Å²) in [5, 5.41) is 0. The summed E-state index contributed by atoms with van der Waals surface area (Å²) in [6, 6.07) is 19.9. The molecule has 37 heavy (non-hydrogen) atoms. The van der Waals surface area contributed by atoms with Gasteiger partial charge in [0.05, 0.1) is 34.3 Å². The number of nitrogens with zero attached hydrogens (tertiary/aromatic N) is 3. The second kappa shape index (κ2) is 10.9. The molecule has 0 N–H and O–H groups in total. The minimum Gasteiger partial charge on any atom is -0.465 e. The number of hydrogen-bond donors (Lipinski definition) is 0. The molecule has 0 radical (unpaired) electrons. The van der Waals surface area contributed by atoms with Gasteiger partial charge in [-0.15, -0.1) is 6.42 Å². The Morgan fingerprint density at radius 2 is 1.73 bits per heavy atom. The Kier molecular flexibility index (Phi) is 7.69. The van der Waals surface area contributed by atoms with Crippen LogP contribution in [-0.2, 0) is 27.8 Å². The van der Waals surface area contributed by atoms with Gasteiger partial charge < -0.3 is 9.30 Å². The highest BCUT2D eigenvalue weighted by Crippen LogP contribution is 2.21. The molecule has 188 valence electrons. The Morgan fingerprint density at radius 1 is 1.05 bits per heavy atom. The first-order valence-electron chi connectivity index (χ1n) is 11.1. The normalized spacial score (nSPS) is 12.0. The number of aromatic nitrogens is 1. The zero-order chi connectivity index (χ0) is 26.6. The summed E-state index contributed by atoms with van der Waals surface area (Å²) < 4.78 is 34.4. The van der Waals surface area contributed by atoms with Gasteiger partial charge in [-0.1, -0.05) is 47.6 Å². The molecular formula is C27H23N3O5S2. The molecule has 0 atom stereocenters. The van der Waals surface area contributed by atoms with Crippen LogP contribution in [0.4, 0.5) is 0 Å². The quantitative estimate of drug-likeness (QED) is 0.267. The molecule has 0 spiro atoms. The fourth-order valence-electron chi connectivity index (χ4n) is 3.67. The Morgan fingerprint density at radius 3 is 2.38 bits per heavy atom. The van der Waals surface area contributed by atoms with Gasteiger partial charge in [-0.25, -0.2) is 13.2 Å². The van der Waals surface area contributed by atoms with E-state index in [2.05, 4.69) is 10.9 Å². The largest absolute Gasteiger partial charge is 0.465 e. The van der Waals surface area contributed by atoms with Crippen molar-refractivity contribution in [3.63, 3.8) is 0 Å². The maximum absolute atomic E-state index is 13.0. The van der Waals surface area contributed by atoms with Crippen molar-refractivity contribution in [3.8, 4) is 12.3 Å². The van der Waals surface area contributed by atoms with Crippen molar-refractivity contribution in [1.29, 1.82) is 0 Å². The average Bonchev–Trinajstić information content (AvgIpc) is 3.24. The van der Waals surface area contributed by atoms with Gasteiger partial charge >= 0.3 is 5.97 Å². The van der Waals surface area contributed by atoms with Crippen LogP contribution in [0.2, 0.25) is 0 Å². The summed E-state index contributed by atoms with van der Waals surface area (Å²) in [6.07, 6.45) is 5.52. The summed E-state index contributed by atoms with van der Waals surface area (Å²) >= 11 is 1.21. The summed E-state index contributed by atoms with van der Waals surface area (Å²) in [5.41, 5.74) is 2.19. The zero-order valence-electron chi connectivity index (χ0n) is 20.1. The molecule has 0 aliphatic heterocycles. The first-order valence-corrected chi connectivity index (χ1v) is 13.3. The van der Waals surface area contributed by atoms with Crippen molar-refractivity contribution >= 4 is 43.5 Å². The third-order valence-electron chi connectivity index (χ3n) is 5.61. The Balaban J connectivity index is 1.62. The maximum atomic E-state index is 13.0. The van der Waals surface area contributed by atoms with Gasteiger partial charge in [0.25, 0.3) is 5.91 Å². The summed E-state index contributed by atoms with van der Waals surface area (Å²) in [7, 11) is -0.944. The van der Waals surface area contributed by atoms with E-state index in [1.807, 2.05) is 30.3 Å². The van der Waals surface area contributed by atoms with E-state index in [9.17, 15) is 18.0 Å². The molecule has 4 aromatic rings.